The fourth-order valence-electron chi connectivity index (χ4n) is 2.10. The molecule has 0 spiro atoms. The number of nitrogen functional groups attached to an aromatic ring is 1. The second kappa shape index (κ2) is 5.03. The van der Waals surface area contributed by atoms with Crippen LogP contribution in [0.4, 0.5) is 4.39 Å². The van der Waals surface area contributed by atoms with Crippen LogP contribution in [0, 0.1) is 19.7 Å². The summed E-state index contributed by atoms with van der Waals surface area (Å²) in [6.45, 7) is 3.51. The zero-order valence-corrected chi connectivity index (χ0v) is 11.3. The number of hydrogen-bond acceptors (Lipinski definition) is 2. The number of nitrogens with one attached hydrogen (secondary N) is 1. The van der Waals surface area contributed by atoms with Crippen molar-refractivity contribution in [3.63, 3.8) is 0 Å². The zero-order chi connectivity index (χ0) is 14.2. The van der Waals surface area contributed by atoms with Crippen LogP contribution in [-0.4, -0.2) is 10.5 Å². The number of hydrogen-bond donors (Lipinski definition) is 2. The number of nitrogens with zero attached hydrogens (tertiary/aromatic N) is 1. The van der Waals surface area contributed by atoms with Crippen molar-refractivity contribution in [3.05, 3.63) is 52.1 Å². The van der Waals surface area contributed by atoms with Crippen molar-refractivity contribution in [2.24, 2.45) is 5.84 Å². The van der Waals surface area contributed by atoms with Crippen LogP contribution in [0.15, 0.2) is 24.3 Å². The predicted molar refractivity (Wildman–Crippen MR) is 71.9 cm³/mol. The Morgan fingerprint density at radius 2 is 2.05 bits per heavy atom. The number of halogens is 2. The molecule has 2 aromatic rings. The molecular formula is C13H13ClFN3O. The number of benzene rings is 1. The van der Waals surface area contributed by atoms with Crippen molar-refractivity contribution in [1.82, 2.24) is 9.99 Å². The van der Waals surface area contributed by atoms with Gasteiger partial charge in [-0.1, -0.05) is 11.6 Å². The highest BCUT2D eigenvalue weighted by Crippen LogP contribution is 2.24. The number of aromatic nitrogens is 1. The molecule has 0 saturated carbocycles. The molecule has 2 rings (SSSR count). The second-order valence-electron chi connectivity index (χ2n) is 4.19. The largest absolute Gasteiger partial charge is 0.315 e. The number of rotatable bonds is 2. The van der Waals surface area contributed by atoms with Gasteiger partial charge in [-0.05, 0) is 38.1 Å². The van der Waals surface area contributed by atoms with E-state index < -0.39 is 11.7 Å². The standard InChI is InChI=1S/C13H13ClFN3O/c1-7-5-10(13(19)17-16)8(2)18(7)12-4-3-9(14)6-11(12)15/h3-6H,16H2,1-2H3,(H,17,19). The third kappa shape index (κ3) is 2.34. The number of nitrogens with two attached hydrogens (primary N) is 1. The van der Waals surface area contributed by atoms with Gasteiger partial charge in [0.15, 0.2) is 0 Å². The van der Waals surface area contributed by atoms with E-state index in [1.807, 2.05) is 0 Å². The van der Waals surface area contributed by atoms with Crippen molar-refractivity contribution in [3.8, 4) is 5.69 Å². The van der Waals surface area contributed by atoms with Crippen molar-refractivity contribution < 1.29 is 9.18 Å². The molecule has 3 N–H and O–H groups in total. The van der Waals surface area contributed by atoms with Crippen LogP contribution in [0.1, 0.15) is 21.7 Å². The van der Waals surface area contributed by atoms with Gasteiger partial charge in [0, 0.05) is 16.4 Å². The smallest absolute Gasteiger partial charge is 0.267 e. The van der Waals surface area contributed by atoms with Gasteiger partial charge in [-0.15, -0.1) is 0 Å². The van der Waals surface area contributed by atoms with Gasteiger partial charge in [-0.25, -0.2) is 10.2 Å². The van der Waals surface area contributed by atoms with Crippen LogP contribution in [0.3, 0.4) is 0 Å². The maximum atomic E-state index is 14.0. The molecule has 0 unspecified atom stereocenters. The maximum Gasteiger partial charge on any atom is 0.267 e. The Morgan fingerprint density at radius 1 is 1.37 bits per heavy atom. The number of aryl methyl sites for hydroxylation is 1. The lowest BCUT2D eigenvalue weighted by molar-refractivity contribution is 0.0953. The van der Waals surface area contributed by atoms with Crippen molar-refractivity contribution in [1.29, 1.82) is 0 Å². The van der Waals surface area contributed by atoms with E-state index in [0.29, 0.717) is 22.0 Å². The topological polar surface area (TPSA) is 60.1 Å². The van der Waals surface area contributed by atoms with Crippen molar-refractivity contribution in [2.75, 3.05) is 0 Å². The van der Waals surface area contributed by atoms with E-state index in [1.165, 1.54) is 6.07 Å². The molecule has 100 valence electrons. The summed E-state index contributed by atoms with van der Waals surface area (Å²) < 4.78 is 15.6. The van der Waals surface area contributed by atoms with E-state index in [-0.39, 0.29) is 0 Å². The quantitative estimate of drug-likeness (QED) is 0.505. The lowest BCUT2D eigenvalue weighted by atomic mass is 10.2. The number of carbonyl (C=O) groups excluding carboxylic acids is 1. The van der Waals surface area contributed by atoms with Gasteiger partial charge >= 0.3 is 0 Å². The summed E-state index contributed by atoms with van der Waals surface area (Å²) in [5, 5.41) is 0.323. The van der Waals surface area contributed by atoms with Crippen molar-refractivity contribution in [2.45, 2.75) is 13.8 Å². The highest BCUT2D eigenvalue weighted by Gasteiger charge is 2.17. The Balaban J connectivity index is 2.63. The number of hydrazine groups is 1. The van der Waals surface area contributed by atoms with E-state index in [2.05, 4.69) is 5.43 Å². The molecular weight excluding hydrogens is 269 g/mol. The van der Waals surface area contributed by atoms with E-state index in [9.17, 15) is 9.18 Å². The first-order valence-corrected chi connectivity index (χ1v) is 5.98. The highest BCUT2D eigenvalue weighted by atomic mass is 35.5. The molecule has 0 aliphatic carbocycles. The Labute approximate surface area is 114 Å². The molecule has 4 nitrogen and oxygen atoms in total. The van der Waals surface area contributed by atoms with Crippen LogP contribution >= 0.6 is 11.6 Å². The minimum absolute atomic E-state index is 0.323. The molecule has 1 heterocycles. The van der Waals surface area contributed by atoms with E-state index >= 15 is 0 Å². The van der Waals surface area contributed by atoms with E-state index in [1.54, 1.807) is 36.6 Å². The first kappa shape index (κ1) is 13.6. The van der Waals surface area contributed by atoms with Gasteiger partial charge in [0.1, 0.15) is 5.82 Å². The number of amides is 1. The first-order valence-electron chi connectivity index (χ1n) is 5.61. The molecule has 0 aliphatic heterocycles. The molecule has 0 fully saturated rings. The SMILES string of the molecule is Cc1cc(C(=O)NN)c(C)n1-c1ccc(Cl)cc1F. The van der Waals surface area contributed by atoms with Gasteiger partial charge in [0.25, 0.3) is 5.91 Å². The zero-order valence-electron chi connectivity index (χ0n) is 10.5. The Morgan fingerprint density at radius 3 is 2.63 bits per heavy atom. The minimum Gasteiger partial charge on any atom is -0.315 e. The third-order valence-electron chi connectivity index (χ3n) is 2.96. The molecule has 0 aliphatic rings. The molecule has 1 aromatic heterocycles. The molecule has 1 amide bonds. The van der Waals surface area contributed by atoms with Crippen LogP contribution < -0.4 is 11.3 Å². The second-order valence-corrected chi connectivity index (χ2v) is 4.63. The molecule has 19 heavy (non-hydrogen) atoms. The van der Waals surface area contributed by atoms with Gasteiger partial charge in [-0.2, -0.15) is 0 Å². The van der Waals surface area contributed by atoms with E-state index in [4.69, 9.17) is 17.4 Å². The highest BCUT2D eigenvalue weighted by molar-refractivity contribution is 6.30. The maximum absolute atomic E-state index is 14.0. The Kier molecular flexibility index (Phi) is 3.59. The first-order chi connectivity index (χ1) is 8.95. The summed E-state index contributed by atoms with van der Waals surface area (Å²) in [5.74, 6) is 4.26. The summed E-state index contributed by atoms with van der Waals surface area (Å²) in [5.41, 5.74) is 4.17. The predicted octanol–water partition coefficient (Wildman–Crippen LogP) is 2.49. The molecule has 0 saturated heterocycles. The lowest BCUT2D eigenvalue weighted by Gasteiger charge is -2.11. The summed E-state index contributed by atoms with van der Waals surface area (Å²) in [4.78, 5) is 11.6. The van der Waals surface area contributed by atoms with Gasteiger partial charge in [0.2, 0.25) is 0 Å². The summed E-state index contributed by atoms with van der Waals surface area (Å²) >= 11 is 5.73. The lowest BCUT2D eigenvalue weighted by Crippen LogP contribution is -2.30. The Hall–Kier alpha value is -1.85. The fourth-order valence-corrected chi connectivity index (χ4v) is 2.26. The Bertz CT molecular complexity index is 652. The van der Waals surface area contributed by atoms with Crippen molar-refractivity contribution >= 4 is 17.5 Å². The summed E-state index contributed by atoms with van der Waals surface area (Å²) in [6.07, 6.45) is 0. The summed E-state index contributed by atoms with van der Waals surface area (Å²) in [6, 6.07) is 6.06. The monoisotopic (exact) mass is 281 g/mol. The fraction of sp³-hybridized carbons (Fsp3) is 0.154. The normalized spacial score (nSPS) is 10.6. The van der Waals surface area contributed by atoms with Crippen LogP contribution in [0.5, 0.6) is 0 Å². The summed E-state index contributed by atoms with van der Waals surface area (Å²) in [7, 11) is 0. The third-order valence-corrected chi connectivity index (χ3v) is 3.19. The minimum atomic E-state index is -0.450. The molecule has 6 heteroatoms. The molecule has 1 aromatic carbocycles. The van der Waals surface area contributed by atoms with Gasteiger partial charge < -0.3 is 4.57 Å². The van der Waals surface area contributed by atoms with Gasteiger partial charge in [-0.3, -0.25) is 10.2 Å². The molecule has 0 radical (unpaired) electrons. The number of carbonyl (C=O) groups is 1. The molecule has 0 bridgehead atoms. The average molecular weight is 282 g/mol. The van der Waals surface area contributed by atoms with Crippen LogP contribution in [0.2, 0.25) is 5.02 Å². The van der Waals surface area contributed by atoms with Gasteiger partial charge in [0.05, 0.1) is 11.3 Å². The van der Waals surface area contributed by atoms with Crippen LogP contribution in [-0.2, 0) is 0 Å². The molecule has 0 atom stereocenters. The van der Waals surface area contributed by atoms with Crippen LogP contribution in [0.25, 0.3) is 5.69 Å². The average Bonchev–Trinajstić information content (AvgIpc) is 2.65. The van der Waals surface area contributed by atoms with E-state index in [0.717, 1.165) is 5.69 Å².